The first-order valence-electron chi connectivity index (χ1n) is 12.8. The molecule has 2 aromatic heterocycles. The Balaban J connectivity index is 1.48. The lowest BCUT2D eigenvalue weighted by atomic mass is 10.1. The molecule has 3 aromatic carbocycles. The van der Waals surface area contributed by atoms with Gasteiger partial charge in [-0.3, -0.25) is 9.69 Å². The van der Waals surface area contributed by atoms with Crippen LogP contribution in [-0.2, 0) is 24.2 Å². The average Bonchev–Trinajstić information content (AvgIpc) is 3.65. The Hall–Kier alpha value is -4.86. The van der Waals surface area contributed by atoms with Gasteiger partial charge in [0.15, 0.2) is 0 Å². The molecule has 0 aliphatic carbocycles. The molecule has 0 aliphatic rings. The summed E-state index contributed by atoms with van der Waals surface area (Å²) in [5.74, 6) is 0.313. The van der Waals surface area contributed by atoms with Crippen molar-refractivity contribution in [2.45, 2.75) is 39.3 Å². The molecule has 0 spiro atoms. The largest absolute Gasteiger partial charge is 0.465 e. The number of amides is 1. The number of hydrogen-bond donors (Lipinski definition) is 1. The third-order valence-electron chi connectivity index (χ3n) is 6.60. The van der Waals surface area contributed by atoms with E-state index in [1.807, 2.05) is 47.0 Å². The third-order valence-corrected chi connectivity index (χ3v) is 6.60. The minimum atomic E-state index is -0.395. The fourth-order valence-electron chi connectivity index (χ4n) is 4.50. The number of tetrazole rings is 1. The van der Waals surface area contributed by atoms with Gasteiger partial charge in [0, 0.05) is 13.0 Å². The van der Waals surface area contributed by atoms with E-state index in [9.17, 15) is 9.59 Å². The molecule has 0 saturated heterocycles. The number of unbranched alkanes of at least 4 members (excludes halogenated alkanes) is 1. The lowest BCUT2D eigenvalue weighted by Gasteiger charge is -2.20. The van der Waals surface area contributed by atoms with Gasteiger partial charge < -0.3 is 9.30 Å². The quantitative estimate of drug-likeness (QED) is 0.266. The van der Waals surface area contributed by atoms with Gasteiger partial charge in [0.1, 0.15) is 11.5 Å². The Morgan fingerprint density at radius 3 is 2.49 bits per heavy atom. The lowest BCUT2D eigenvalue weighted by molar-refractivity contribution is 0.0600. The van der Waals surface area contributed by atoms with Gasteiger partial charge in [0.25, 0.3) is 11.9 Å². The van der Waals surface area contributed by atoms with Gasteiger partial charge in [-0.25, -0.2) is 9.78 Å². The summed E-state index contributed by atoms with van der Waals surface area (Å²) >= 11 is 0. The number of carbonyl (C=O) groups is 2. The molecule has 0 aliphatic heterocycles. The third kappa shape index (κ3) is 5.69. The van der Waals surface area contributed by atoms with Crippen molar-refractivity contribution in [3.63, 3.8) is 0 Å². The van der Waals surface area contributed by atoms with Crippen LogP contribution in [0.5, 0.6) is 0 Å². The second kappa shape index (κ2) is 11.7. The van der Waals surface area contributed by atoms with Crippen LogP contribution in [0.25, 0.3) is 10.8 Å². The molecule has 1 amide bonds. The van der Waals surface area contributed by atoms with Crippen LogP contribution in [-0.4, -0.2) is 49.2 Å². The molecule has 0 bridgehead atoms. The van der Waals surface area contributed by atoms with Crippen LogP contribution >= 0.6 is 0 Å². The highest BCUT2D eigenvalue weighted by Gasteiger charge is 2.26. The van der Waals surface area contributed by atoms with Gasteiger partial charge in [-0.1, -0.05) is 67.0 Å². The van der Waals surface area contributed by atoms with E-state index in [1.54, 1.807) is 18.3 Å². The summed E-state index contributed by atoms with van der Waals surface area (Å²) in [7, 11) is 1.35. The summed E-state index contributed by atoms with van der Waals surface area (Å²) < 4.78 is 6.74. The molecular weight excluding hydrogens is 494 g/mol. The summed E-state index contributed by atoms with van der Waals surface area (Å²) in [5.41, 5.74) is 2.74. The van der Waals surface area contributed by atoms with E-state index < -0.39 is 5.97 Å². The highest BCUT2D eigenvalue weighted by molar-refractivity contribution is 6.04. The molecule has 5 aromatic rings. The van der Waals surface area contributed by atoms with Gasteiger partial charge in [-0.2, -0.15) is 5.21 Å². The zero-order valence-corrected chi connectivity index (χ0v) is 21.9. The maximum absolute atomic E-state index is 14.1. The number of aromatic nitrogens is 6. The number of H-pyrrole nitrogens is 1. The molecule has 2 heterocycles. The molecule has 0 radical (unpaired) electrons. The number of hydrogen-bond acceptors (Lipinski definition) is 7. The molecule has 10 heteroatoms. The van der Waals surface area contributed by atoms with Crippen molar-refractivity contribution in [3.05, 3.63) is 101 Å². The fraction of sp³-hybridized carbons (Fsp3) is 0.241. The number of nitrogens with one attached hydrogen (secondary N) is 1. The van der Waals surface area contributed by atoms with Crippen LogP contribution in [0.15, 0.2) is 72.9 Å². The highest BCUT2D eigenvalue weighted by Crippen LogP contribution is 2.22. The number of carbonyl (C=O) groups excluding carboxylic acids is 2. The van der Waals surface area contributed by atoms with E-state index in [0.29, 0.717) is 17.8 Å². The van der Waals surface area contributed by atoms with Crippen LogP contribution in [0, 0.1) is 0 Å². The maximum Gasteiger partial charge on any atom is 0.337 e. The second-order valence-electron chi connectivity index (χ2n) is 9.22. The van der Waals surface area contributed by atoms with E-state index in [2.05, 4.69) is 44.7 Å². The number of aromatic amines is 1. The molecule has 39 heavy (non-hydrogen) atoms. The molecule has 1 N–H and O–H groups in total. The number of methoxy groups -OCH3 is 1. The molecule has 0 unspecified atom stereocenters. The van der Waals surface area contributed by atoms with E-state index in [-0.39, 0.29) is 18.4 Å². The average molecular weight is 524 g/mol. The first-order chi connectivity index (χ1) is 19.1. The molecule has 0 saturated carbocycles. The van der Waals surface area contributed by atoms with Crippen molar-refractivity contribution in [1.82, 2.24) is 30.2 Å². The van der Waals surface area contributed by atoms with E-state index >= 15 is 0 Å². The summed E-state index contributed by atoms with van der Waals surface area (Å²) in [5, 5.41) is 16.6. The minimum absolute atomic E-state index is 0.179. The fourth-order valence-corrected chi connectivity index (χ4v) is 4.50. The number of aryl methyl sites for hydroxylation is 1. The smallest absolute Gasteiger partial charge is 0.337 e. The van der Waals surface area contributed by atoms with Gasteiger partial charge in [-0.05, 0) is 51.7 Å². The van der Waals surface area contributed by atoms with Crippen LogP contribution in [0.3, 0.4) is 0 Å². The first-order valence-corrected chi connectivity index (χ1v) is 12.8. The number of rotatable bonds is 10. The zero-order valence-electron chi connectivity index (χ0n) is 21.9. The van der Waals surface area contributed by atoms with Gasteiger partial charge in [-0.15, -0.1) is 5.10 Å². The van der Waals surface area contributed by atoms with E-state index in [0.717, 1.165) is 47.0 Å². The van der Waals surface area contributed by atoms with E-state index in [4.69, 9.17) is 4.74 Å². The van der Waals surface area contributed by atoms with Gasteiger partial charge >= 0.3 is 5.97 Å². The molecule has 0 fully saturated rings. The van der Waals surface area contributed by atoms with Crippen molar-refractivity contribution >= 4 is 28.6 Å². The number of ether oxygens (including phenoxy) is 1. The number of benzene rings is 3. The predicted octanol–water partition coefficient (Wildman–Crippen LogP) is 4.57. The van der Waals surface area contributed by atoms with Crippen molar-refractivity contribution in [1.29, 1.82) is 0 Å². The second-order valence-corrected chi connectivity index (χ2v) is 9.22. The van der Waals surface area contributed by atoms with Crippen molar-refractivity contribution < 1.29 is 14.3 Å². The topological polar surface area (TPSA) is 119 Å². The number of fused-ring (bicyclic) bond motifs is 1. The van der Waals surface area contributed by atoms with Crippen LogP contribution in [0.2, 0.25) is 0 Å². The van der Waals surface area contributed by atoms with Gasteiger partial charge in [0.05, 0.1) is 25.4 Å². The highest BCUT2D eigenvalue weighted by atomic mass is 16.5. The molecule has 0 atom stereocenters. The van der Waals surface area contributed by atoms with Crippen LogP contribution in [0.4, 0.5) is 5.95 Å². The molecule has 198 valence electrons. The van der Waals surface area contributed by atoms with Crippen LogP contribution in [0.1, 0.15) is 57.6 Å². The number of anilines is 1. The van der Waals surface area contributed by atoms with E-state index in [1.165, 1.54) is 12.0 Å². The Bertz CT molecular complexity index is 1580. The van der Waals surface area contributed by atoms with Crippen molar-refractivity contribution in [2.24, 2.45) is 0 Å². The Morgan fingerprint density at radius 2 is 1.77 bits per heavy atom. The molecular formula is C29H29N7O3. The summed E-state index contributed by atoms with van der Waals surface area (Å²) in [4.78, 5) is 32.1. The Morgan fingerprint density at radius 1 is 1.00 bits per heavy atom. The summed E-state index contributed by atoms with van der Waals surface area (Å²) in [6.45, 7) is 2.79. The Labute approximate surface area is 225 Å². The minimum Gasteiger partial charge on any atom is -0.465 e. The first kappa shape index (κ1) is 25.8. The summed E-state index contributed by atoms with van der Waals surface area (Å²) in [6, 6.07) is 21.3. The summed E-state index contributed by atoms with van der Waals surface area (Å²) in [6.07, 6.45) is 4.29. The standard InChI is InChI=1S/C29H29N7O3/c1-3-4-9-26-30-17-25(35(26)18-20-10-14-23(15-11-20)28(38)39-2)27(37)36(29-31-33-34-32-29)19-21-12-13-22-7-5-6-8-24(22)16-21/h5-8,10-17H,3-4,9,18-19H2,1-2H3,(H,31,32,33,34). The lowest BCUT2D eigenvalue weighted by Crippen LogP contribution is -2.33. The SMILES string of the molecule is CCCCc1ncc(C(=O)N(Cc2ccc3ccccc3c2)c2nn[nH]n2)n1Cc1ccc(C(=O)OC)cc1. The van der Waals surface area contributed by atoms with Gasteiger partial charge in [0.2, 0.25) is 0 Å². The van der Waals surface area contributed by atoms with Crippen molar-refractivity contribution in [3.8, 4) is 0 Å². The maximum atomic E-state index is 14.1. The monoisotopic (exact) mass is 523 g/mol. The normalized spacial score (nSPS) is 11.0. The number of esters is 1. The molecule has 5 rings (SSSR count). The zero-order chi connectivity index (χ0) is 27.2. The number of imidazole rings is 1. The Kier molecular flexibility index (Phi) is 7.72. The predicted molar refractivity (Wildman–Crippen MR) is 146 cm³/mol. The number of nitrogens with zero attached hydrogens (tertiary/aromatic N) is 6. The van der Waals surface area contributed by atoms with Crippen LogP contribution < -0.4 is 4.90 Å². The van der Waals surface area contributed by atoms with Crippen molar-refractivity contribution in [2.75, 3.05) is 12.0 Å². The molecule has 10 nitrogen and oxygen atoms in total.